The molecule has 0 saturated heterocycles. The molecule has 2 aromatic carbocycles. The molecule has 5 heteroatoms. The maximum Gasteiger partial charge on any atom is 0.198 e. The van der Waals surface area contributed by atoms with Crippen LogP contribution in [-0.2, 0) is 0 Å². The average Bonchev–Trinajstić information content (AvgIpc) is 2.43. The van der Waals surface area contributed by atoms with Gasteiger partial charge in [0, 0.05) is 15.7 Å². The molecule has 0 heterocycles. The number of ether oxygens (including phenoxy) is 1. The zero-order chi connectivity index (χ0) is 14.9. The van der Waals surface area contributed by atoms with Crippen LogP contribution >= 0.6 is 27.5 Å². The van der Waals surface area contributed by atoms with Crippen LogP contribution in [0.1, 0.15) is 21.5 Å². The second-order valence-corrected chi connectivity index (χ2v) is 5.63. The van der Waals surface area contributed by atoms with Gasteiger partial charge in [-0.1, -0.05) is 27.5 Å². The first-order valence-electron chi connectivity index (χ1n) is 5.88. The van der Waals surface area contributed by atoms with Crippen LogP contribution in [0.25, 0.3) is 0 Å². The van der Waals surface area contributed by atoms with E-state index in [9.17, 15) is 4.79 Å². The number of nitrogen functional groups attached to an aromatic ring is 1. The van der Waals surface area contributed by atoms with Crippen LogP contribution in [0, 0.1) is 6.92 Å². The van der Waals surface area contributed by atoms with E-state index in [4.69, 9.17) is 22.1 Å². The van der Waals surface area contributed by atoms with Gasteiger partial charge < -0.3 is 10.5 Å². The number of carbonyl (C=O) groups excluding carboxylic acids is 1. The summed E-state index contributed by atoms with van der Waals surface area (Å²) in [5, 5.41) is 0.364. The number of nitrogens with two attached hydrogens (primary N) is 1. The number of benzene rings is 2. The minimum Gasteiger partial charge on any atom is -0.496 e. The van der Waals surface area contributed by atoms with Gasteiger partial charge in [-0.3, -0.25) is 4.79 Å². The number of carbonyl (C=O) groups is 1. The molecular weight excluding hydrogens is 342 g/mol. The molecule has 0 bridgehead atoms. The lowest BCUT2D eigenvalue weighted by Gasteiger charge is -2.11. The van der Waals surface area contributed by atoms with Crippen molar-refractivity contribution in [1.29, 1.82) is 0 Å². The van der Waals surface area contributed by atoms with Crippen LogP contribution < -0.4 is 10.5 Å². The number of anilines is 1. The van der Waals surface area contributed by atoms with Gasteiger partial charge >= 0.3 is 0 Å². The average molecular weight is 355 g/mol. The predicted molar refractivity (Wildman–Crippen MR) is 84.7 cm³/mol. The van der Waals surface area contributed by atoms with Crippen molar-refractivity contribution in [3.8, 4) is 5.75 Å². The smallest absolute Gasteiger partial charge is 0.198 e. The van der Waals surface area contributed by atoms with Gasteiger partial charge in [-0.15, -0.1) is 0 Å². The summed E-state index contributed by atoms with van der Waals surface area (Å²) in [6, 6.07) is 8.37. The van der Waals surface area contributed by atoms with Crippen molar-refractivity contribution in [3.63, 3.8) is 0 Å². The Balaban J connectivity index is 2.58. The van der Waals surface area contributed by atoms with E-state index in [2.05, 4.69) is 15.9 Å². The highest BCUT2D eigenvalue weighted by atomic mass is 79.9. The van der Waals surface area contributed by atoms with Crippen LogP contribution in [0.15, 0.2) is 34.8 Å². The topological polar surface area (TPSA) is 52.3 Å². The highest BCUT2D eigenvalue weighted by molar-refractivity contribution is 9.10. The van der Waals surface area contributed by atoms with E-state index in [1.54, 1.807) is 30.3 Å². The maximum atomic E-state index is 12.6. The molecule has 0 aliphatic rings. The van der Waals surface area contributed by atoms with Gasteiger partial charge in [0.25, 0.3) is 0 Å². The second-order valence-electron chi connectivity index (χ2n) is 4.37. The fourth-order valence-corrected chi connectivity index (χ4v) is 2.41. The molecule has 0 radical (unpaired) electrons. The van der Waals surface area contributed by atoms with E-state index in [1.165, 1.54) is 7.11 Å². The van der Waals surface area contributed by atoms with Gasteiger partial charge in [0.2, 0.25) is 0 Å². The number of hydrogen-bond donors (Lipinski definition) is 1. The Morgan fingerprint density at radius 2 is 1.95 bits per heavy atom. The summed E-state index contributed by atoms with van der Waals surface area (Å²) in [7, 11) is 1.53. The highest BCUT2D eigenvalue weighted by Gasteiger charge is 2.19. The van der Waals surface area contributed by atoms with Gasteiger partial charge in [0.05, 0.1) is 17.7 Å². The van der Waals surface area contributed by atoms with Crippen molar-refractivity contribution in [2.75, 3.05) is 12.8 Å². The monoisotopic (exact) mass is 353 g/mol. The lowest BCUT2D eigenvalue weighted by molar-refractivity contribution is 0.103. The summed E-state index contributed by atoms with van der Waals surface area (Å²) in [5.74, 6) is 0.286. The summed E-state index contributed by atoms with van der Waals surface area (Å²) in [6.45, 7) is 1.92. The molecule has 0 aliphatic heterocycles. The molecule has 2 rings (SSSR count). The molecule has 0 fully saturated rings. The fourth-order valence-electron chi connectivity index (χ4n) is 1.86. The predicted octanol–water partition coefficient (Wildman–Crippen LogP) is 4.23. The van der Waals surface area contributed by atoms with Gasteiger partial charge in [0.15, 0.2) is 5.78 Å². The summed E-state index contributed by atoms with van der Waals surface area (Å²) in [6.07, 6.45) is 0. The normalized spacial score (nSPS) is 10.4. The Bertz CT molecular complexity index is 686. The van der Waals surface area contributed by atoms with E-state index in [0.29, 0.717) is 27.6 Å². The van der Waals surface area contributed by atoms with Crippen molar-refractivity contribution in [1.82, 2.24) is 0 Å². The van der Waals surface area contributed by atoms with Crippen LogP contribution in [0.5, 0.6) is 5.75 Å². The summed E-state index contributed by atoms with van der Waals surface area (Å²) in [5.41, 5.74) is 7.99. The first kappa shape index (κ1) is 14.9. The van der Waals surface area contributed by atoms with Gasteiger partial charge in [-0.05, 0) is 42.8 Å². The Hall–Kier alpha value is -1.52. The Labute approximate surface area is 130 Å². The van der Waals surface area contributed by atoms with E-state index < -0.39 is 0 Å². The van der Waals surface area contributed by atoms with Crippen molar-refractivity contribution >= 4 is 39.0 Å². The SMILES string of the molecule is COc1cc(C)c(Br)cc1C(=O)c1cc(N)ccc1Cl. The van der Waals surface area contributed by atoms with Crippen LogP contribution in [0.4, 0.5) is 5.69 Å². The second kappa shape index (κ2) is 5.85. The minimum atomic E-state index is -0.222. The maximum absolute atomic E-state index is 12.6. The van der Waals surface area contributed by atoms with Crippen molar-refractivity contribution in [3.05, 3.63) is 56.5 Å². The largest absolute Gasteiger partial charge is 0.496 e. The lowest BCUT2D eigenvalue weighted by atomic mass is 10.0. The standard InChI is InChI=1S/C15H13BrClNO2/c1-8-5-14(20-2)11(7-12(8)16)15(19)10-6-9(18)3-4-13(10)17/h3-7H,18H2,1-2H3. The molecule has 0 spiro atoms. The third-order valence-corrected chi connectivity index (χ3v) is 4.14. The van der Waals surface area contributed by atoms with E-state index in [-0.39, 0.29) is 5.78 Å². The summed E-state index contributed by atoms with van der Waals surface area (Å²) >= 11 is 9.50. The van der Waals surface area contributed by atoms with Gasteiger partial charge in [-0.25, -0.2) is 0 Å². The van der Waals surface area contributed by atoms with Crippen LogP contribution in [0.2, 0.25) is 5.02 Å². The van der Waals surface area contributed by atoms with Crippen molar-refractivity contribution in [2.45, 2.75) is 6.92 Å². The van der Waals surface area contributed by atoms with E-state index in [1.807, 2.05) is 6.92 Å². The Morgan fingerprint density at radius 3 is 2.60 bits per heavy atom. The quantitative estimate of drug-likeness (QED) is 0.663. The molecule has 2 N–H and O–H groups in total. The molecule has 104 valence electrons. The first-order valence-corrected chi connectivity index (χ1v) is 7.05. The number of rotatable bonds is 3. The molecule has 0 unspecified atom stereocenters. The van der Waals surface area contributed by atoms with Crippen molar-refractivity contribution < 1.29 is 9.53 Å². The minimum absolute atomic E-state index is 0.222. The zero-order valence-electron chi connectivity index (χ0n) is 11.0. The molecule has 0 aliphatic carbocycles. The van der Waals surface area contributed by atoms with Crippen LogP contribution in [0.3, 0.4) is 0 Å². The fraction of sp³-hybridized carbons (Fsp3) is 0.133. The molecule has 0 amide bonds. The third kappa shape index (κ3) is 2.81. The molecule has 2 aromatic rings. The molecule has 0 saturated carbocycles. The number of halogens is 2. The number of ketones is 1. The number of hydrogen-bond acceptors (Lipinski definition) is 3. The first-order chi connectivity index (χ1) is 9.43. The summed E-state index contributed by atoms with van der Waals surface area (Å²) < 4.78 is 6.11. The summed E-state index contributed by atoms with van der Waals surface area (Å²) in [4.78, 5) is 12.6. The highest BCUT2D eigenvalue weighted by Crippen LogP contribution is 2.31. The lowest BCUT2D eigenvalue weighted by Crippen LogP contribution is -2.06. The number of methoxy groups -OCH3 is 1. The third-order valence-electron chi connectivity index (χ3n) is 2.96. The Kier molecular flexibility index (Phi) is 4.35. The van der Waals surface area contributed by atoms with E-state index in [0.717, 1.165) is 10.0 Å². The van der Waals surface area contributed by atoms with Gasteiger partial charge in [-0.2, -0.15) is 0 Å². The van der Waals surface area contributed by atoms with Crippen LogP contribution in [-0.4, -0.2) is 12.9 Å². The van der Waals surface area contributed by atoms with Gasteiger partial charge in [0.1, 0.15) is 5.75 Å². The Morgan fingerprint density at radius 1 is 1.25 bits per heavy atom. The molecule has 0 atom stereocenters. The molecule has 20 heavy (non-hydrogen) atoms. The zero-order valence-corrected chi connectivity index (χ0v) is 13.4. The number of aryl methyl sites for hydroxylation is 1. The molecule has 0 aromatic heterocycles. The van der Waals surface area contributed by atoms with Crippen molar-refractivity contribution in [2.24, 2.45) is 0 Å². The molecule has 3 nitrogen and oxygen atoms in total. The van der Waals surface area contributed by atoms with E-state index >= 15 is 0 Å². The molecular formula is C15H13BrClNO2.